The Balaban J connectivity index is 1.84. The van der Waals surface area contributed by atoms with Gasteiger partial charge in [-0.05, 0) is 36.2 Å². The Bertz CT molecular complexity index is 716. The number of halogens is 1. The Kier molecular flexibility index (Phi) is 3.30. The topological polar surface area (TPSA) is 27.8 Å². The van der Waals surface area contributed by atoms with Crippen LogP contribution in [0.2, 0.25) is 0 Å². The molecule has 0 saturated carbocycles. The summed E-state index contributed by atoms with van der Waals surface area (Å²) in [6, 6.07) is 14.7. The van der Waals surface area contributed by atoms with Gasteiger partial charge in [-0.2, -0.15) is 0 Å². The minimum absolute atomic E-state index is 0.821. The molecule has 0 unspecified atom stereocenters. The molecule has 1 heterocycles. The van der Waals surface area contributed by atoms with E-state index >= 15 is 0 Å². The van der Waals surface area contributed by atoms with Crippen molar-refractivity contribution in [3.8, 4) is 0 Å². The second-order valence-corrected chi connectivity index (χ2v) is 5.59. The summed E-state index contributed by atoms with van der Waals surface area (Å²) in [5.41, 5.74) is 4.89. The van der Waals surface area contributed by atoms with Crippen molar-refractivity contribution >= 4 is 32.5 Å². The van der Waals surface area contributed by atoms with Gasteiger partial charge >= 0.3 is 0 Å². The minimum Gasteiger partial charge on any atom is -0.381 e. The molecule has 0 aliphatic carbocycles. The van der Waals surface area contributed by atoms with Crippen molar-refractivity contribution in [3.05, 3.63) is 64.3 Å². The Morgan fingerprint density at radius 1 is 1.16 bits per heavy atom. The van der Waals surface area contributed by atoms with Crippen molar-refractivity contribution in [1.82, 2.24) is 4.98 Å². The number of para-hydroxylation sites is 1. The van der Waals surface area contributed by atoms with Gasteiger partial charge in [-0.3, -0.25) is 0 Å². The van der Waals surface area contributed by atoms with Gasteiger partial charge in [0.1, 0.15) is 0 Å². The zero-order chi connectivity index (χ0) is 13.2. The summed E-state index contributed by atoms with van der Waals surface area (Å²) in [7, 11) is 0. The molecule has 0 bridgehead atoms. The zero-order valence-electron chi connectivity index (χ0n) is 10.7. The first-order valence-corrected chi connectivity index (χ1v) is 7.08. The Morgan fingerprint density at radius 2 is 2.00 bits per heavy atom. The normalized spacial score (nSPS) is 10.8. The Labute approximate surface area is 121 Å². The van der Waals surface area contributed by atoms with Crippen LogP contribution in [0.25, 0.3) is 10.9 Å². The van der Waals surface area contributed by atoms with E-state index in [9.17, 15) is 0 Å². The molecule has 1 aromatic heterocycles. The number of rotatable bonds is 3. The van der Waals surface area contributed by atoms with Crippen molar-refractivity contribution in [1.29, 1.82) is 0 Å². The molecule has 0 atom stereocenters. The van der Waals surface area contributed by atoms with E-state index in [0.29, 0.717) is 0 Å². The first-order valence-electron chi connectivity index (χ1n) is 6.29. The van der Waals surface area contributed by atoms with Crippen LogP contribution in [0.1, 0.15) is 11.1 Å². The minimum atomic E-state index is 0.821. The highest BCUT2D eigenvalue weighted by Crippen LogP contribution is 2.23. The van der Waals surface area contributed by atoms with E-state index < -0.39 is 0 Å². The molecule has 0 aliphatic rings. The van der Waals surface area contributed by atoms with E-state index in [2.05, 4.69) is 81.8 Å². The molecule has 2 N–H and O–H groups in total. The molecule has 0 aliphatic heterocycles. The zero-order valence-corrected chi connectivity index (χ0v) is 12.3. The molecular weight excluding hydrogens is 300 g/mol. The van der Waals surface area contributed by atoms with Gasteiger partial charge in [0, 0.05) is 33.8 Å². The first-order chi connectivity index (χ1) is 9.24. The molecule has 0 spiro atoms. The number of nitrogens with one attached hydrogen (secondary N) is 2. The molecule has 96 valence electrons. The van der Waals surface area contributed by atoms with Crippen molar-refractivity contribution in [3.63, 3.8) is 0 Å². The van der Waals surface area contributed by atoms with E-state index in [0.717, 1.165) is 11.0 Å². The van der Waals surface area contributed by atoms with Crippen LogP contribution >= 0.6 is 15.9 Å². The summed E-state index contributed by atoms with van der Waals surface area (Å²) < 4.78 is 1.10. The number of aromatic nitrogens is 1. The second kappa shape index (κ2) is 5.10. The van der Waals surface area contributed by atoms with Crippen LogP contribution in [0, 0.1) is 6.92 Å². The summed E-state index contributed by atoms with van der Waals surface area (Å²) in [4.78, 5) is 3.30. The van der Waals surface area contributed by atoms with E-state index in [4.69, 9.17) is 0 Å². The SMILES string of the molecule is Cc1ccc(Br)cc1NCc1c[nH]c2ccccc12. The molecule has 3 heteroatoms. The van der Waals surface area contributed by atoms with Gasteiger partial charge < -0.3 is 10.3 Å². The van der Waals surface area contributed by atoms with Gasteiger partial charge in [0.05, 0.1) is 0 Å². The molecule has 0 radical (unpaired) electrons. The number of fused-ring (bicyclic) bond motifs is 1. The van der Waals surface area contributed by atoms with Crippen molar-refractivity contribution in [2.75, 3.05) is 5.32 Å². The van der Waals surface area contributed by atoms with Crippen molar-refractivity contribution in [2.45, 2.75) is 13.5 Å². The summed E-state index contributed by atoms with van der Waals surface area (Å²) in [5, 5.41) is 4.78. The molecule has 3 rings (SSSR count). The van der Waals surface area contributed by atoms with Gasteiger partial charge in [-0.1, -0.05) is 40.2 Å². The lowest BCUT2D eigenvalue weighted by molar-refractivity contribution is 1.15. The number of aryl methyl sites for hydroxylation is 1. The van der Waals surface area contributed by atoms with Crippen molar-refractivity contribution in [2.24, 2.45) is 0 Å². The third-order valence-electron chi connectivity index (χ3n) is 3.34. The number of aromatic amines is 1. The number of hydrogen-bond acceptors (Lipinski definition) is 1. The number of benzene rings is 2. The number of anilines is 1. The van der Waals surface area contributed by atoms with E-state index in [-0.39, 0.29) is 0 Å². The monoisotopic (exact) mass is 314 g/mol. The van der Waals surface area contributed by atoms with E-state index in [1.807, 2.05) is 0 Å². The quantitative estimate of drug-likeness (QED) is 0.710. The fourth-order valence-electron chi connectivity index (χ4n) is 2.25. The molecule has 3 aromatic rings. The summed E-state index contributed by atoms with van der Waals surface area (Å²) in [5.74, 6) is 0. The van der Waals surface area contributed by atoms with E-state index in [1.165, 1.54) is 27.7 Å². The summed E-state index contributed by atoms with van der Waals surface area (Å²) in [6.45, 7) is 2.94. The average Bonchev–Trinajstić information content (AvgIpc) is 2.83. The first kappa shape index (κ1) is 12.3. The van der Waals surface area contributed by atoms with Crippen LogP contribution in [0.3, 0.4) is 0 Å². The van der Waals surface area contributed by atoms with Crippen LogP contribution < -0.4 is 5.32 Å². The molecule has 0 amide bonds. The second-order valence-electron chi connectivity index (χ2n) is 4.67. The molecule has 0 fully saturated rings. The maximum atomic E-state index is 3.51. The Hall–Kier alpha value is -1.74. The maximum absolute atomic E-state index is 3.51. The summed E-state index contributed by atoms with van der Waals surface area (Å²) in [6.07, 6.45) is 2.07. The Morgan fingerprint density at radius 3 is 2.89 bits per heavy atom. The number of H-pyrrole nitrogens is 1. The number of hydrogen-bond donors (Lipinski definition) is 2. The molecule has 0 saturated heterocycles. The van der Waals surface area contributed by atoms with E-state index in [1.54, 1.807) is 0 Å². The van der Waals surface area contributed by atoms with Gasteiger partial charge in [-0.15, -0.1) is 0 Å². The van der Waals surface area contributed by atoms with Crippen molar-refractivity contribution < 1.29 is 0 Å². The fraction of sp³-hybridized carbons (Fsp3) is 0.125. The maximum Gasteiger partial charge on any atom is 0.0457 e. The van der Waals surface area contributed by atoms with Gasteiger partial charge in [0.15, 0.2) is 0 Å². The predicted octanol–water partition coefficient (Wildman–Crippen LogP) is 4.85. The highest BCUT2D eigenvalue weighted by Gasteiger charge is 2.04. The largest absolute Gasteiger partial charge is 0.381 e. The highest BCUT2D eigenvalue weighted by atomic mass is 79.9. The predicted molar refractivity (Wildman–Crippen MR) is 84.5 cm³/mol. The highest BCUT2D eigenvalue weighted by molar-refractivity contribution is 9.10. The fourth-order valence-corrected chi connectivity index (χ4v) is 2.61. The van der Waals surface area contributed by atoms with Gasteiger partial charge in [-0.25, -0.2) is 0 Å². The molecule has 2 nitrogen and oxygen atoms in total. The van der Waals surface area contributed by atoms with Crippen LogP contribution in [-0.4, -0.2) is 4.98 Å². The van der Waals surface area contributed by atoms with Crippen LogP contribution in [0.5, 0.6) is 0 Å². The third-order valence-corrected chi connectivity index (χ3v) is 3.84. The lowest BCUT2D eigenvalue weighted by Crippen LogP contribution is -2.00. The van der Waals surface area contributed by atoms with Crippen LogP contribution in [0.4, 0.5) is 5.69 Å². The molecular formula is C16H15BrN2. The molecule has 19 heavy (non-hydrogen) atoms. The lowest BCUT2D eigenvalue weighted by Gasteiger charge is -2.09. The van der Waals surface area contributed by atoms with Crippen LogP contribution in [0.15, 0.2) is 53.1 Å². The smallest absolute Gasteiger partial charge is 0.0457 e. The average molecular weight is 315 g/mol. The van der Waals surface area contributed by atoms with Crippen LogP contribution in [-0.2, 0) is 6.54 Å². The summed E-state index contributed by atoms with van der Waals surface area (Å²) >= 11 is 3.51. The van der Waals surface area contributed by atoms with Gasteiger partial charge in [0.2, 0.25) is 0 Å². The standard InChI is InChI=1S/C16H15BrN2/c1-11-6-7-13(17)8-16(11)19-10-12-9-18-15-5-3-2-4-14(12)15/h2-9,18-19H,10H2,1H3. The van der Waals surface area contributed by atoms with Gasteiger partial charge in [0.25, 0.3) is 0 Å². The molecule has 2 aromatic carbocycles. The third kappa shape index (κ3) is 2.51. The lowest BCUT2D eigenvalue weighted by atomic mass is 10.1.